The number of hydrogen-bond acceptors (Lipinski definition) is 5. The summed E-state index contributed by atoms with van der Waals surface area (Å²) in [5, 5.41) is 7.17. The Balaban J connectivity index is 1.90. The molecule has 6 nitrogen and oxygen atoms in total. The van der Waals surface area contributed by atoms with E-state index >= 15 is 0 Å². The first kappa shape index (κ1) is 18.7. The lowest BCUT2D eigenvalue weighted by atomic mass is 10.2. The molecule has 146 valence electrons. The summed E-state index contributed by atoms with van der Waals surface area (Å²) < 4.78 is 7.13. The molecule has 2 aromatic carbocycles. The van der Waals surface area contributed by atoms with Crippen molar-refractivity contribution < 1.29 is 4.74 Å². The van der Waals surface area contributed by atoms with Crippen LogP contribution in [-0.2, 0) is 4.74 Å². The second-order valence-corrected chi connectivity index (χ2v) is 6.56. The fourth-order valence-electron chi connectivity index (χ4n) is 3.21. The predicted octanol–water partition coefficient (Wildman–Crippen LogP) is 4.19. The molecular formula is C23H22N4O2. The van der Waals surface area contributed by atoms with Crippen LogP contribution in [0, 0.1) is 0 Å². The molecule has 2 aromatic heterocycles. The number of ether oxygens (including phenoxy) is 1. The van der Waals surface area contributed by atoms with Crippen molar-refractivity contribution in [3.63, 3.8) is 0 Å². The summed E-state index contributed by atoms with van der Waals surface area (Å²) in [5.41, 5.74) is 2.55. The number of anilines is 3. The van der Waals surface area contributed by atoms with E-state index in [1.54, 1.807) is 19.4 Å². The summed E-state index contributed by atoms with van der Waals surface area (Å²) >= 11 is 0. The van der Waals surface area contributed by atoms with Crippen molar-refractivity contribution in [2.75, 3.05) is 30.9 Å². The Morgan fingerprint density at radius 3 is 2.45 bits per heavy atom. The molecule has 0 aliphatic rings. The van der Waals surface area contributed by atoms with Crippen molar-refractivity contribution in [1.82, 2.24) is 9.55 Å². The Hall–Kier alpha value is -3.64. The van der Waals surface area contributed by atoms with Crippen molar-refractivity contribution in [3.8, 4) is 5.69 Å². The zero-order valence-electron chi connectivity index (χ0n) is 16.1. The van der Waals surface area contributed by atoms with E-state index in [4.69, 9.17) is 4.74 Å². The van der Waals surface area contributed by atoms with Gasteiger partial charge in [0.25, 0.3) is 0 Å². The zero-order chi connectivity index (χ0) is 20.1. The quantitative estimate of drug-likeness (QED) is 0.466. The molecule has 4 aromatic rings. The molecule has 6 heteroatoms. The Kier molecular flexibility index (Phi) is 5.54. The van der Waals surface area contributed by atoms with E-state index < -0.39 is 0 Å². The van der Waals surface area contributed by atoms with Crippen LogP contribution in [0.5, 0.6) is 0 Å². The topological polar surface area (TPSA) is 68.2 Å². The summed E-state index contributed by atoms with van der Waals surface area (Å²) in [6.07, 6.45) is 1.62. The fraction of sp³-hybridized carbons (Fsp3) is 0.130. The molecule has 0 fully saturated rings. The van der Waals surface area contributed by atoms with Crippen LogP contribution in [0.4, 0.5) is 17.3 Å². The average Bonchev–Trinajstić information content (AvgIpc) is 2.75. The van der Waals surface area contributed by atoms with E-state index in [2.05, 4.69) is 15.6 Å². The number of para-hydroxylation sites is 2. The molecule has 0 amide bonds. The molecule has 0 atom stereocenters. The Morgan fingerprint density at radius 2 is 1.72 bits per heavy atom. The van der Waals surface area contributed by atoms with Gasteiger partial charge in [0, 0.05) is 43.4 Å². The van der Waals surface area contributed by atoms with Gasteiger partial charge in [0.1, 0.15) is 11.6 Å². The third-order valence-electron chi connectivity index (χ3n) is 4.57. The van der Waals surface area contributed by atoms with E-state index in [0.29, 0.717) is 30.2 Å². The molecule has 0 saturated heterocycles. The highest BCUT2D eigenvalue weighted by Crippen LogP contribution is 2.26. The third kappa shape index (κ3) is 4.12. The maximum absolute atomic E-state index is 12.8. The van der Waals surface area contributed by atoms with Gasteiger partial charge < -0.3 is 15.4 Å². The van der Waals surface area contributed by atoms with E-state index in [0.717, 1.165) is 16.9 Å². The van der Waals surface area contributed by atoms with E-state index in [1.165, 1.54) is 0 Å². The minimum Gasteiger partial charge on any atom is -0.383 e. The maximum Gasteiger partial charge on any atom is 0.193 e. The minimum atomic E-state index is -0.0819. The van der Waals surface area contributed by atoms with Crippen molar-refractivity contribution in [2.45, 2.75) is 0 Å². The molecule has 0 bridgehead atoms. The van der Waals surface area contributed by atoms with Gasteiger partial charge in [-0.25, -0.2) is 4.98 Å². The van der Waals surface area contributed by atoms with Gasteiger partial charge in [0.2, 0.25) is 0 Å². The smallest absolute Gasteiger partial charge is 0.193 e. The SMILES string of the molecule is COCCNc1cc2c(cn1)c(=O)cc(Nc1ccccc1)n2-c1ccccc1. The van der Waals surface area contributed by atoms with Crippen LogP contribution in [0.1, 0.15) is 0 Å². The molecule has 29 heavy (non-hydrogen) atoms. The lowest BCUT2D eigenvalue weighted by Gasteiger charge is -2.19. The van der Waals surface area contributed by atoms with Gasteiger partial charge in [-0.15, -0.1) is 0 Å². The van der Waals surface area contributed by atoms with Crippen molar-refractivity contribution in [1.29, 1.82) is 0 Å². The summed E-state index contributed by atoms with van der Waals surface area (Å²) in [5.74, 6) is 1.38. The van der Waals surface area contributed by atoms with Crippen LogP contribution in [0.25, 0.3) is 16.6 Å². The molecule has 0 unspecified atom stereocenters. The van der Waals surface area contributed by atoms with Gasteiger partial charge in [0.05, 0.1) is 17.5 Å². The molecule has 0 aliphatic heterocycles. The van der Waals surface area contributed by atoms with E-state index in [9.17, 15) is 4.79 Å². The number of nitrogens with one attached hydrogen (secondary N) is 2. The minimum absolute atomic E-state index is 0.0819. The second-order valence-electron chi connectivity index (χ2n) is 6.56. The lowest BCUT2D eigenvalue weighted by Crippen LogP contribution is -2.14. The van der Waals surface area contributed by atoms with Gasteiger partial charge in [-0.2, -0.15) is 0 Å². The number of fused-ring (bicyclic) bond motifs is 1. The molecule has 4 rings (SSSR count). The van der Waals surface area contributed by atoms with Crippen molar-refractivity contribution in [3.05, 3.63) is 89.2 Å². The third-order valence-corrected chi connectivity index (χ3v) is 4.57. The second kappa shape index (κ2) is 8.58. The van der Waals surface area contributed by atoms with Crippen LogP contribution < -0.4 is 16.1 Å². The fourth-order valence-corrected chi connectivity index (χ4v) is 3.21. The highest BCUT2D eigenvalue weighted by atomic mass is 16.5. The molecule has 0 spiro atoms. The standard InChI is InChI=1S/C23H22N4O2/c1-29-13-12-24-22-14-20-19(16-25-22)21(28)15-23(26-17-8-4-2-5-9-17)27(20)18-10-6-3-7-11-18/h2-11,14-16,26H,12-13H2,1H3,(H,24,25). The van der Waals surface area contributed by atoms with Gasteiger partial charge in [0.15, 0.2) is 5.43 Å². The van der Waals surface area contributed by atoms with Gasteiger partial charge >= 0.3 is 0 Å². The lowest BCUT2D eigenvalue weighted by molar-refractivity contribution is 0.210. The van der Waals surface area contributed by atoms with Crippen LogP contribution >= 0.6 is 0 Å². The Bertz CT molecular complexity index is 1160. The first-order chi connectivity index (χ1) is 14.3. The highest BCUT2D eigenvalue weighted by Gasteiger charge is 2.13. The van der Waals surface area contributed by atoms with Gasteiger partial charge in [-0.05, 0) is 24.3 Å². The molecule has 2 N–H and O–H groups in total. The number of benzene rings is 2. The molecule has 0 saturated carbocycles. The van der Waals surface area contributed by atoms with Crippen molar-refractivity contribution >= 4 is 28.2 Å². The summed E-state index contributed by atoms with van der Waals surface area (Å²) in [4.78, 5) is 17.2. The Morgan fingerprint density at radius 1 is 1.00 bits per heavy atom. The summed E-state index contributed by atoms with van der Waals surface area (Å²) in [6, 6.07) is 23.3. The van der Waals surface area contributed by atoms with Crippen molar-refractivity contribution in [2.24, 2.45) is 0 Å². The number of nitrogens with zero attached hydrogens (tertiary/aromatic N) is 2. The van der Waals surface area contributed by atoms with Crippen LogP contribution in [-0.4, -0.2) is 29.8 Å². The van der Waals surface area contributed by atoms with Gasteiger partial charge in [-0.1, -0.05) is 36.4 Å². The zero-order valence-corrected chi connectivity index (χ0v) is 16.1. The normalized spacial score (nSPS) is 10.8. The van der Waals surface area contributed by atoms with Crippen LogP contribution in [0.15, 0.2) is 83.8 Å². The predicted molar refractivity (Wildman–Crippen MR) is 117 cm³/mol. The first-order valence-electron chi connectivity index (χ1n) is 9.42. The molecular weight excluding hydrogens is 364 g/mol. The monoisotopic (exact) mass is 386 g/mol. The maximum atomic E-state index is 12.8. The number of hydrogen-bond donors (Lipinski definition) is 2. The first-order valence-corrected chi connectivity index (χ1v) is 9.42. The summed E-state index contributed by atoms with van der Waals surface area (Å²) in [6.45, 7) is 1.20. The molecule has 0 radical (unpaired) electrons. The number of pyridine rings is 2. The number of aromatic nitrogens is 2. The average molecular weight is 386 g/mol. The van der Waals surface area contributed by atoms with Gasteiger partial charge in [-0.3, -0.25) is 9.36 Å². The largest absolute Gasteiger partial charge is 0.383 e. The molecule has 0 aliphatic carbocycles. The number of rotatable bonds is 7. The van der Waals surface area contributed by atoms with E-state index in [1.807, 2.05) is 71.3 Å². The highest BCUT2D eigenvalue weighted by molar-refractivity contribution is 5.85. The van der Waals surface area contributed by atoms with Crippen LogP contribution in [0.3, 0.4) is 0 Å². The Labute approximate surface area is 168 Å². The molecule has 2 heterocycles. The number of methoxy groups -OCH3 is 1. The van der Waals surface area contributed by atoms with E-state index in [-0.39, 0.29) is 5.43 Å². The summed E-state index contributed by atoms with van der Waals surface area (Å²) in [7, 11) is 1.66. The van der Waals surface area contributed by atoms with Crippen LogP contribution in [0.2, 0.25) is 0 Å².